The average molecular weight is 789 g/mol. The summed E-state index contributed by atoms with van der Waals surface area (Å²) in [7, 11) is 0. The molecule has 16 heteroatoms. The molecule has 7 rings (SSSR count). The predicted molar refractivity (Wildman–Crippen MR) is 206 cm³/mol. The van der Waals surface area contributed by atoms with E-state index in [9.17, 15) is 39.6 Å². The summed E-state index contributed by atoms with van der Waals surface area (Å²) < 4.78 is 0.903. The molecular formula is C39H42N5O9S2+. The lowest BCUT2D eigenvalue weighted by molar-refractivity contribution is -0.982. The molecule has 6 N–H and O–H groups in total. The molecule has 1 aliphatic carbocycles. The van der Waals surface area contributed by atoms with Crippen molar-refractivity contribution < 1.29 is 48.9 Å². The van der Waals surface area contributed by atoms with E-state index in [0.717, 1.165) is 71.4 Å². The number of hydrogen-bond donors (Lipinski definition) is 5. The van der Waals surface area contributed by atoms with Gasteiger partial charge in [0.2, 0.25) is 11.5 Å². The van der Waals surface area contributed by atoms with Gasteiger partial charge in [-0.25, -0.2) is 14.6 Å². The van der Waals surface area contributed by atoms with Crippen LogP contribution in [0.15, 0.2) is 64.3 Å². The number of allylic oxidation sites excluding steroid dienone is 1. The molecule has 2 aromatic carbocycles. The molecule has 2 fully saturated rings. The highest BCUT2D eigenvalue weighted by atomic mass is 32.2. The number of nitrogens with zero attached hydrogens (tertiary/aromatic N) is 4. The Morgan fingerprint density at radius 1 is 1.09 bits per heavy atom. The molecule has 4 heterocycles. The fourth-order valence-corrected chi connectivity index (χ4v) is 9.58. The number of rotatable bonds is 13. The third kappa shape index (κ3) is 7.45. The van der Waals surface area contributed by atoms with Gasteiger partial charge in [0.1, 0.15) is 24.5 Å². The van der Waals surface area contributed by atoms with E-state index in [4.69, 9.17) is 10.6 Å². The summed E-state index contributed by atoms with van der Waals surface area (Å²) in [6.07, 6.45) is 7.60. The fourth-order valence-electron chi connectivity index (χ4n) is 7.65. The number of carboxylic acid groups (broad SMARTS) is 2. The van der Waals surface area contributed by atoms with E-state index in [1.165, 1.54) is 47.9 Å². The van der Waals surface area contributed by atoms with Crippen molar-refractivity contribution in [1.29, 1.82) is 0 Å². The van der Waals surface area contributed by atoms with Crippen molar-refractivity contribution in [3.8, 4) is 11.5 Å². The number of aliphatic carboxylic acids is 2. The molecule has 3 aromatic rings. The summed E-state index contributed by atoms with van der Waals surface area (Å²) in [4.78, 5) is 61.6. The maximum absolute atomic E-state index is 13.5. The molecule has 1 aromatic heterocycles. The lowest BCUT2D eigenvalue weighted by Gasteiger charge is -2.51. The van der Waals surface area contributed by atoms with Gasteiger partial charge in [-0.2, -0.15) is 0 Å². The molecule has 1 saturated carbocycles. The number of quaternary nitrogens is 1. The van der Waals surface area contributed by atoms with E-state index in [2.05, 4.69) is 22.3 Å². The fraction of sp³-hybridized carbons (Fsp3) is 0.385. The quantitative estimate of drug-likeness (QED) is 0.0515. The number of Topliss-reactive ketones (excluding diaryl/α,β-unsaturated/α-hetero) is 1. The lowest BCUT2D eigenvalue weighted by Crippen LogP contribution is -2.62. The van der Waals surface area contributed by atoms with Crippen molar-refractivity contribution in [3.05, 3.63) is 87.1 Å². The number of nitrogen functional groups attached to an aromatic ring is 1. The van der Waals surface area contributed by atoms with Gasteiger partial charge in [-0.3, -0.25) is 14.5 Å². The van der Waals surface area contributed by atoms with E-state index >= 15 is 0 Å². The third-order valence-corrected chi connectivity index (χ3v) is 13.1. The van der Waals surface area contributed by atoms with Crippen molar-refractivity contribution >= 4 is 63.6 Å². The van der Waals surface area contributed by atoms with Gasteiger partial charge in [0.15, 0.2) is 28.1 Å². The largest absolute Gasteiger partial charge is 0.504 e. The van der Waals surface area contributed by atoms with Crippen LogP contribution >= 0.6 is 23.1 Å². The number of phenolic OH excluding ortho intramolecular Hbond substituents is 2. The number of benzene rings is 2. The Hall–Kier alpha value is -5.19. The molecule has 3 aliphatic heterocycles. The van der Waals surface area contributed by atoms with Crippen LogP contribution in [0, 0.1) is 5.92 Å². The second-order valence-corrected chi connectivity index (χ2v) is 17.0. The van der Waals surface area contributed by atoms with E-state index in [-0.39, 0.29) is 40.2 Å². The predicted octanol–water partition coefficient (Wildman–Crippen LogP) is 4.89. The number of carboxylic acids is 2. The van der Waals surface area contributed by atoms with Gasteiger partial charge in [-0.1, -0.05) is 41.6 Å². The van der Waals surface area contributed by atoms with Gasteiger partial charge in [-0.05, 0) is 61.9 Å². The van der Waals surface area contributed by atoms with Gasteiger partial charge in [0.25, 0.3) is 0 Å². The first-order valence-corrected chi connectivity index (χ1v) is 19.9. The first-order chi connectivity index (χ1) is 26.2. The number of oxime groups is 1. The normalized spacial score (nSPS) is 22.8. The molecule has 1 unspecified atom stereocenters. The number of fused-ring (bicyclic) bond motifs is 2. The zero-order chi connectivity index (χ0) is 39.2. The van der Waals surface area contributed by atoms with Crippen molar-refractivity contribution in [2.75, 3.05) is 18.0 Å². The number of amides is 1. The summed E-state index contributed by atoms with van der Waals surface area (Å²) in [6.45, 7) is 5.12. The molecule has 55 heavy (non-hydrogen) atoms. The second-order valence-electron chi connectivity index (χ2n) is 15.0. The summed E-state index contributed by atoms with van der Waals surface area (Å²) in [5.41, 5.74) is 8.36. The van der Waals surface area contributed by atoms with E-state index in [1.54, 1.807) is 18.2 Å². The number of phenols is 2. The number of aromatic hydroxyl groups is 2. The molecule has 14 nitrogen and oxygen atoms in total. The van der Waals surface area contributed by atoms with E-state index < -0.39 is 40.5 Å². The highest BCUT2D eigenvalue weighted by Crippen LogP contribution is 2.46. The summed E-state index contributed by atoms with van der Waals surface area (Å²) >= 11 is 2.41. The Morgan fingerprint density at radius 2 is 1.80 bits per heavy atom. The smallest absolute Gasteiger partial charge is 0.352 e. The van der Waals surface area contributed by atoms with Gasteiger partial charge in [0, 0.05) is 35.1 Å². The molecule has 0 bridgehead atoms. The number of carbonyl (C=O) groups is 4. The van der Waals surface area contributed by atoms with Gasteiger partial charge >= 0.3 is 11.9 Å². The minimum Gasteiger partial charge on any atom is -0.504 e. The molecule has 0 radical (unpaired) electrons. The van der Waals surface area contributed by atoms with Crippen molar-refractivity contribution in [1.82, 2.24) is 9.88 Å². The standard InChI is InChI=1S/C39H41N5O9S2/c1-39(2,37(51)52)53-42-32(28-20-55-38(40)41-28)31(47)16-27-34(48)43-33(36(49)50)24(19-54-35(27)43)11-10-21-6-8-22(9-7-21)17-44(26-4-3-5-26)13-12-23-14-29(45)30(46)15-25(23)18-44/h6-11,14-15,20,26-27,35H,3-5,12-13,16-19H2,1-2H3,(H5-,40,41,42,45,46,47,49,50,51,52)/p+1/t27-,35-,44?/m1/s1. The molecule has 4 aliphatic rings. The topological polar surface area (TPSA) is 213 Å². The number of hydrogen-bond acceptors (Lipinski definition) is 12. The Balaban J connectivity index is 1.04. The molecule has 3 atom stereocenters. The number of ketones is 1. The summed E-state index contributed by atoms with van der Waals surface area (Å²) in [5.74, 6) is -4.40. The zero-order valence-electron chi connectivity index (χ0n) is 30.3. The number of β-lactam (4-membered cyclic amide) rings is 1. The number of nitrogens with two attached hydrogens (primary N) is 1. The summed E-state index contributed by atoms with van der Waals surface area (Å²) in [5, 5.41) is 44.7. The van der Waals surface area contributed by atoms with Crippen LogP contribution in [0.2, 0.25) is 0 Å². The van der Waals surface area contributed by atoms with Crippen LogP contribution in [0.25, 0.3) is 6.08 Å². The number of thioether (sulfide) groups is 1. The third-order valence-electron chi connectivity index (χ3n) is 11.0. The number of carbonyl (C=O) groups excluding carboxylic acids is 2. The van der Waals surface area contributed by atoms with Gasteiger partial charge < -0.3 is 35.5 Å². The van der Waals surface area contributed by atoms with E-state index in [1.807, 2.05) is 18.2 Å². The molecular weight excluding hydrogens is 747 g/mol. The first-order valence-electron chi connectivity index (χ1n) is 18.0. The zero-order valence-corrected chi connectivity index (χ0v) is 31.9. The number of thiazole rings is 1. The molecule has 1 amide bonds. The van der Waals surface area contributed by atoms with Crippen LogP contribution in [0.5, 0.6) is 11.5 Å². The summed E-state index contributed by atoms with van der Waals surface area (Å²) in [6, 6.07) is 12.1. The Kier molecular flexibility index (Phi) is 10.3. The van der Waals surface area contributed by atoms with Crippen LogP contribution in [-0.2, 0) is 43.5 Å². The van der Waals surface area contributed by atoms with Crippen LogP contribution in [-0.4, -0.2) is 93.4 Å². The SMILES string of the molecule is CC(C)(O/N=C(\C(=O)C[C@@H]1C(=O)N2C(C(=O)O)=C(C=Cc3ccc(C[N+]4(C5CCC5)CCc5cc(O)c(O)cc5C4)cc3)CS[C@H]12)c1csc(N)n1)C(=O)O. The number of anilines is 1. The maximum atomic E-state index is 13.5. The van der Waals surface area contributed by atoms with Crippen molar-refractivity contribution in [2.24, 2.45) is 11.1 Å². The monoisotopic (exact) mass is 788 g/mol. The maximum Gasteiger partial charge on any atom is 0.352 e. The van der Waals surface area contributed by atoms with Crippen LogP contribution in [0.4, 0.5) is 5.13 Å². The molecule has 1 saturated heterocycles. The van der Waals surface area contributed by atoms with Crippen LogP contribution in [0.3, 0.4) is 0 Å². The lowest BCUT2D eigenvalue weighted by atomic mass is 9.84. The molecule has 0 spiro atoms. The highest BCUT2D eigenvalue weighted by molar-refractivity contribution is 8.00. The van der Waals surface area contributed by atoms with Gasteiger partial charge in [-0.15, -0.1) is 23.1 Å². The van der Waals surface area contributed by atoms with Crippen molar-refractivity contribution in [3.63, 3.8) is 0 Å². The Morgan fingerprint density at radius 3 is 2.42 bits per heavy atom. The Labute approximate surface area is 325 Å². The van der Waals surface area contributed by atoms with Crippen LogP contribution in [0.1, 0.15) is 67.5 Å². The number of aromatic nitrogens is 1. The average Bonchev–Trinajstić information content (AvgIpc) is 3.55. The van der Waals surface area contributed by atoms with Gasteiger partial charge in [0.05, 0.1) is 23.9 Å². The minimum atomic E-state index is -1.75. The Bertz CT molecular complexity index is 2160. The minimum absolute atomic E-state index is 0.0805. The molecule has 288 valence electrons. The van der Waals surface area contributed by atoms with Crippen LogP contribution < -0.4 is 5.73 Å². The highest BCUT2D eigenvalue weighted by Gasteiger charge is 2.54. The van der Waals surface area contributed by atoms with E-state index in [0.29, 0.717) is 17.4 Å². The second kappa shape index (κ2) is 14.8. The first kappa shape index (κ1) is 38.1. The van der Waals surface area contributed by atoms with Crippen molar-refractivity contribution in [2.45, 2.75) is 76.1 Å².